The fourth-order valence-corrected chi connectivity index (χ4v) is 1.75. The van der Waals surface area contributed by atoms with Crippen molar-refractivity contribution in [3.05, 3.63) is 65.2 Å². The molecule has 0 aliphatic rings. The molecule has 0 aromatic heterocycles. The number of aromatic hydroxyl groups is 1. The third-order valence-corrected chi connectivity index (χ3v) is 2.93. The molecule has 0 aliphatic carbocycles. The quantitative estimate of drug-likeness (QED) is 0.792. The molecule has 0 spiro atoms. The fraction of sp³-hybridized carbons (Fsp3) is 0.125. The molecule has 2 rings (SSSR count). The van der Waals surface area contributed by atoms with E-state index in [9.17, 15) is 8.78 Å². The second-order valence-electron chi connectivity index (χ2n) is 4.23. The molecule has 3 heteroatoms. The van der Waals surface area contributed by atoms with E-state index >= 15 is 0 Å². The van der Waals surface area contributed by atoms with Crippen molar-refractivity contribution in [3.63, 3.8) is 0 Å². The zero-order valence-electron chi connectivity index (χ0n) is 10.5. The number of phenols is 1. The van der Waals surface area contributed by atoms with Crippen LogP contribution in [0.3, 0.4) is 0 Å². The summed E-state index contributed by atoms with van der Waals surface area (Å²) in [4.78, 5) is 0. The van der Waals surface area contributed by atoms with Crippen molar-refractivity contribution in [1.29, 1.82) is 0 Å². The van der Waals surface area contributed by atoms with E-state index in [-0.39, 0.29) is 16.9 Å². The summed E-state index contributed by atoms with van der Waals surface area (Å²) < 4.78 is 27.9. The average Bonchev–Trinajstić information content (AvgIpc) is 2.46. The van der Waals surface area contributed by atoms with Crippen molar-refractivity contribution in [2.45, 2.75) is 13.3 Å². The van der Waals surface area contributed by atoms with Crippen molar-refractivity contribution in [2.24, 2.45) is 0 Å². The van der Waals surface area contributed by atoms with Crippen LogP contribution in [0.2, 0.25) is 0 Å². The van der Waals surface area contributed by atoms with Crippen molar-refractivity contribution >= 4 is 11.7 Å². The lowest BCUT2D eigenvalue weighted by Gasteiger charge is -2.03. The maximum absolute atomic E-state index is 14.0. The Morgan fingerprint density at radius 2 is 1.26 bits per heavy atom. The molecule has 2 aromatic rings. The summed E-state index contributed by atoms with van der Waals surface area (Å²) in [5.74, 6) is -1.80. The Kier molecular flexibility index (Phi) is 3.95. The minimum atomic E-state index is -0.927. The Labute approximate surface area is 110 Å². The molecule has 0 fully saturated rings. The van der Waals surface area contributed by atoms with Gasteiger partial charge in [-0.25, -0.2) is 8.78 Å². The van der Waals surface area contributed by atoms with E-state index in [1.165, 1.54) is 24.3 Å². The number of aryl methyl sites for hydroxylation is 1. The summed E-state index contributed by atoms with van der Waals surface area (Å²) in [6.07, 6.45) is 0.853. The molecule has 0 heterocycles. The van der Waals surface area contributed by atoms with Crippen LogP contribution in [0.5, 0.6) is 5.75 Å². The van der Waals surface area contributed by atoms with Crippen LogP contribution in [0.15, 0.2) is 48.5 Å². The standard InChI is InChI=1S/C16H14F2O/c1-2-11-3-5-12(6-4-11)15(17)16(18)13-7-9-14(19)10-8-13/h3-10,19H,2H2,1H3. The molecular formula is C16H14F2O. The molecule has 0 aliphatic heterocycles. The van der Waals surface area contributed by atoms with Crippen LogP contribution in [-0.4, -0.2) is 5.11 Å². The highest BCUT2D eigenvalue weighted by Gasteiger charge is 2.11. The maximum Gasteiger partial charge on any atom is 0.166 e. The second-order valence-corrected chi connectivity index (χ2v) is 4.23. The Bertz CT molecular complexity index is 583. The summed E-state index contributed by atoms with van der Waals surface area (Å²) >= 11 is 0. The lowest BCUT2D eigenvalue weighted by Crippen LogP contribution is -1.86. The third kappa shape index (κ3) is 2.99. The number of hydrogen-bond donors (Lipinski definition) is 1. The highest BCUT2D eigenvalue weighted by molar-refractivity contribution is 5.83. The summed E-state index contributed by atoms with van der Waals surface area (Å²) in [5.41, 5.74) is 1.39. The van der Waals surface area contributed by atoms with Gasteiger partial charge in [-0.3, -0.25) is 0 Å². The smallest absolute Gasteiger partial charge is 0.166 e. The fourth-order valence-electron chi connectivity index (χ4n) is 1.75. The van der Waals surface area contributed by atoms with Gasteiger partial charge in [0.2, 0.25) is 0 Å². The van der Waals surface area contributed by atoms with E-state index in [1.807, 2.05) is 6.92 Å². The third-order valence-electron chi connectivity index (χ3n) is 2.93. The van der Waals surface area contributed by atoms with Gasteiger partial charge in [0.05, 0.1) is 0 Å². The first-order valence-corrected chi connectivity index (χ1v) is 6.05. The molecule has 0 radical (unpaired) electrons. The van der Waals surface area contributed by atoms with Gasteiger partial charge < -0.3 is 5.11 Å². The van der Waals surface area contributed by atoms with Gasteiger partial charge in [0, 0.05) is 11.1 Å². The van der Waals surface area contributed by atoms with Crippen molar-refractivity contribution in [1.82, 2.24) is 0 Å². The predicted molar refractivity (Wildman–Crippen MR) is 73.0 cm³/mol. The molecule has 19 heavy (non-hydrogen) atoms. The van der Waals surface area contributed by atoms with Crippen LogP contribution in [-0.2, 0) is 6.42 Å². The number of phenolic OH excluding ortho intramolecular Hbond substituents is 1. The first-order chi connectivity index (χ1) is 9.11. The second kappa shape index (κ2) is 5.65. The van der Waals surface area contributed by atoms with E-state index in [2.05, 4.69) is 0 Å². The lowest BCUT2D eigenvalue weighted by molar-refractivity contribution is 0.475. The molecule has 0 saturated carbocycles. The van der Waals surface area contributed by atoms with Crippen LogP contribution in [0.25, 0.3) is 11.7 Å². The molecule has 1 nitrogen and oxygen atoms in total. The number of hydrogen-bond acceptors (Lipinski definition) is 1. The minimum Gasteiger partial charge on any atom is -0.508 e. The lowest BCUT2D eigenvalue weighted by atomic mass is 10.1. The van der Waals surface area contributed by atoms with Gasteiger partial charge in [-0.1, -0.05) is 31.2 Å². The molecule has 0 saturated heterocycles. The summed E-state index contributed by atoms with van der Waals surface area (Å²) in [6.45, 7) is 2.00. The van der Waals surface area contributed by atoms with Gasteiger partial charge in [0.1, 0.15) is 5.75 Å². The van der Waals surface area contributed by atoms with Gasteiger partial charge in [0.15, 0.2) is 11.7 Å². The summed E-state index contributed by atoms with van der Waals surface area (Å²) in [6, 6.07) is 12.0. The maximum atomic E-state index is 14.0. The van der Waals surface area contributed by atoms with Crippen molar-refractivity contribution in [3.8, 4) is 5.75 Å². The summed E-state index contributed by atoms with van der Waals surface area (Å²) in [5, 5.41) is 9.12. The van der Waals surface area contributed by atoms with Crippen LogP contribution < -0.4 is 0 Å². The molecule has 1 N–H and O–H groups in total. The molecule has 0 atom stereocenters. The number of benzene rings is 2. The zero-order chi connectivity index (χ0) is 13.8. The van der Waals surface area contributed by atoms with Crippen LogP contribution in [0.4, 0.5) is 8.78 Å². The Morgan fingerprint density at radius 3 is 1.68 bits per heavy atom. The van der Waals surface area contributed by atoms with Gasteiger partial charge in [-0.05, 0) is 36.2 Å². The van der Waals surface area contributed by atoms with Crippen LogP contribution in [0.1, 0.15) is 23.6 Å². The van der Waals surface area contributed by atoms with E-state index in [0.717, 1.165) is 12.0 Å². The monoisotopic (exact) mass is 260 g/mol. The molecule has 98 valence electrons. The molecule has 0 unspecified atom stereocenters. The van der Waals surface area contributed by atoms with Gasteiger partial charge in [0.25, 0.3) is 0 Å². The SMILES string of the molecule is CCc1ccc(C(F)=C(F)c2ccc(O)cc2)cc1. The molecule has 0 bridgehead atoms. The number of rotatable bonds is 3. The Hall–Kier alpha value is -2.16. The van der Waals surface area contributed by atoms with Crippen molar-refractivity contribution in [2.75, 3.05) is 0 Å². The highest BCUT2D eigenvalue weighted by atomic mass is 19.2. The Balaban J connectivity index is 2.36. The first kappa shape index (κ1) is 13.3. The van der Waals surface area contributed by atoms with Gasteiger partial charge >= 0.3 is 0 Å². The van der Waals surface area contributed by atoms with E-state index in [1.54, 1.807) is 24.3 Å². The molecular weight excluding hydrogens is 246 g/mol. The first-order valence-electron chi connectivity index (χ1n) is 6.05. The van der Waals surface area contributed by atoms with E-state index in [4.69, 9.17) is 5.11 Å². The highest BCUT2D eigenvalue weighted by Crippen LogP contribution is 2.29. The summed E-state index contributed by atoms with van der Waals surface area (Å²) in [7, 11) is 0. The van der Waals surface area contributed by atoms with Gasteiger partial charge in [-0.2, -0.15) is 0 Å². The average molecular weight is 260 g/mol. The topological polar surface area (TPSA) is 20.2 Å². The van der Waals surface area contributed by atoms with E-state index in [0.29, 0.717) is 0 Å². The van der Waals surface area contributed by atoms with Crippen molar-refractivity contribution < 1.29 is 13.9 Å². The number of halogens is 2. The molecule has 2 aromatic carbocycles. The largest absolute Gasteiger partial charge is 0.508 e. The normalized spacial score (nSPS) is 12.2. The van der Waals surface area contributed by atoms with Crippen LogP contribution in [0, 0.1) is 0 Å². The predicted octanol–water partition coefficient (Wildman–Crippen LogP) is 4.72. The Morgan fingerprint density at radius 1 is 0.842 bits per heavy atom. The molecule has 0 amide bonds. The zero-order valence-corrected chi connectivity index (χ0v) is 10.5. The van der Waals surface area contributed by atoms with E-state index < -0.39 is 11.7 Å². The van der Waals surface area contributed by atoms with Gasteiger partial charge in [-0.15, -0.1) is 0 Å². The minimum absolute atomic E-state index is 0.0178. The van der Waals surface area contributed by atoms with Crippen LogP contribution >= 0.6 is 0 Å².